The van der Waals surface area contributed by atoms with Gasteiger partial charge in [0, 0.05) is 31.8 Å². The molecule has 4 heteroatoms. The first-order valence-corrected chi connectivity index (χ1v) is 4.65. The van der Waals surface area contributed by atoms with E-state index >= 15 is 0 Å². The molecule has 0 radical (unpaired) electrons. The van der Waals surface area contributed by atoms with E-state index in [-0.39, 0.29) is 11.5 Å². The lowest BCUT2D eigenvalue weighted by molar-refractivity contribution is -0.563. The van der Waals surface area contributed by atoms with Gasteiger partial charge in [-0.05, 0) is 18.8 Å². The van der Waals surface area contributed by atoms with E-state index in [2.05, 4.69) is 0 Å². The number of aliphatic hydroxyl groups is 1. The Morgan fingerprint density at radius 3 is 2.46 bits per heavy atom. The lowest BCUT2D eigenvalue weighted by Crippen LogP contribution is -2.32. The number of aliphatic hydroxyl groups excluding tert-OH is 1. The van der Waals surface area contributed by atoms with Crippen LogP contribution >= 0.6 is 0 Å². The molecule has 1 atom stereocenters. The predicted molar refractivity (Wildman–Crippen MR) is 51.2 cm³/mol. The van der Waals surface area contributed by atoms with Crippen molar-refractivity contribution in [2.45, 2.75) is 45.6 Å². The normalized spacial score (nSPS) is 14.2. The molecule has 0 fully saturated rings. The van der Waals surface area contributed by atoms with Crippen LogP contribution in [0.2, 0.25) is 0 Å². The zero-order valence-corrected chi connectivity index (χ0v) is 8.62. The van der Waals surface area contributed by atoms with Gasteiger partial charge in [0.2, 0.25) is 5.54 Å². The fourth-order valence-electron chi connectivity index (χ4n) is 1.47. The van der Waals surface area contributed by atoms with E-state index in [4.69, 9.17) is 5.11 Å². The van der Waals surface area contributed by atoms with E-state index < -0.39 is 5.54 Å². The average molecular weight is 189 g/mol. The van der Waals surface area contributed by atoms with Crippen LogP contribution in [0.5, 0.6) is 0 Å². The highest BCUT2D eigenvalue weighted by atomic mass is 16.6. The first kappa shape index (κ1) is 12.4. The van der Waals surface area contributed by atoms with Crippen molar-refractivity contribution in [2.75, 3.05) is 6.61 Å². The molecule has 0 amide bonds. The minimum atomic E-state index is -0.838. The second kappa shape index (κ2) is 5.17. The summed E-state index contributed by atoms with van der Waals surface area (Å²) in [6, 6.07) is 0. The fraction of sp³-hybridized carbons (Fsp3) is 1.00. The van der Waals surface area contributed by atoms with E-state index in [0.29, 0.717) is 12.3 Å². The van der Waals surface area contributed by atoms with Crippen molar-refractivity contribution in [3.63, 3.8) is 0 Å². The molecule has 0 bridgehead atoms. The van der Waals surface area contributed by atoms with Gasteiger partial charge in [-0.1, -0.05) is 6.92 Å². The van der Waals surface area contributed by atoms with Gasteiger partial charge < -0.3 is 5.11 Å². The summed E-state index contributed by atoms with van der Waals surface area (Å²) in [4.78, 5) is 10.4. The maximum Gasteiger partial charge on any atom is 0.217 e. The number of nitrogens with zero attached hydrogens (tertiary/aromatic N) is 1. The van der Waals surface area contributed by atoms with Crippen molar-refractivity contribution in [1.82, 2.24) is 0 Å². The smallest absolute Gasteiger partial charge is 0.217 e. The Kier molecular flexibility index (Phi) is 4.91. The number of hydrogen-bond donors (Lipinski definition) is 1. The van der Waals surface area contributed by atoms with E-state index in [1.54, 1.807) is 13.8 Å². The maximum atomic E-state index is 10.6. The van der Waals surface area contributed by atoms with Gasteiger partial charge in [0.15, 0.2) is 0 Å². The van der Waals surface area contributed by atoms with Gasteiger partial charge in [0.25, 0.3) is 0 Å². The molecule has 0 aromatic carbocycles. The highest BCUT2D eigenvalue weighted by Gasteiger charge is 2.32. The number of nitro groups is 1. The van der Waals surface area contributed by atoms with E-state index in [0.717, 1.165) is 12.8 Å². The summed E-state index contributed by atoms with van der Waals surface area (Å²) < 4.78 is 0. The lowest BCUT2D eigenvalue weighted by atomic mass is 9.89. The monoisotopic (exact) mass is 189 g/mol. The second-order valence-electron chi connectivity index (χ2n) is 4.24. The predicted octanol–water partition coefficient (Wildman–Crippen LogP) is 1.84. The van der Waals surface area contributed by atoms with Crippen molar-refractivity contribution >= 4 is 0 Å². The quantitative estimate of drug-likeness (QED) is 0.512. The molecule has 4 nitrogen and oxygen atoms in total. The van der Waals surface area contributed by atoms with Gasteiger partial charge in [-0.25, -0.2) is 0 Å². The zero-order valence-electron chi connectivity index (χ0n) is 8.62. The SMILES string of the molecule is C[C@@H](CCCO)CC(C)(C)[N+](=O)[O-]. The molecule has 0 aliphatic carbocycles. The molecule has 0 aromatic rings. The Bertz CT molecular complexity index is 168. The lowest BCUT2D eigenvalue weighted by Gasteiger charge is -2.19. The summed E-state index contributed by atoms with van der Waals surface area (Å²) >= 11 is 0. The topological polar surface area (TPSA) is 63.4 Å². The minimum Gasteiger partial charge on any atom is -0.396 e. The van der Waals surface area contributed by atoms with Gasteiger partial charge in [-0.15, -0.1) is 0 Å². The maximum absolute atomic E-state index is 10.6. The molecule has 78 valence electrons. The molecule has 0 heterocycles. The molecular formula is C9H19NO3. The van der Waals surface area contributed by atoms with Crippen molar-refractivity contribution in [1.29, 1.82) is 0 Å². The second-order valence-corrected chi connectivity index (χ2v) is 4.24. The van der Waals surface area contributed by atoms with Gasteiger partial charge >= 0.3 is 0 Å². The van der Waals surface area contributed by atoms with E-state index in [1.807, 2.05) is 6.92 Å². The summed E-state index contributed by atoms with van der Waals surface area (Å²) in [7, 11) is 0. The van der Waals surface area contributed by atoms with Crippen molar-refractivity contribution in [3.05, 3.63) is 10.1 Å². The third-order valence-corrected chi connectivity index (χ3v) is 2.20. The van der Waals surface area contributed by atoms with Gasteiger partial charge in [-0.3, -0.25) is 10.1 Å². The first-order chi connectivity index (χ1) is 5.90. The Morgan fingerprint density at radius 2 is 2.08 bits per heavy atom. The Morgan fingerprint density at radius 1 is 1.54 bits per heavy atom. The molecule has 0 aromatic heterocycles. The average Bonchev–Trinajstić information content (AvgIpc) is 1.99. The molecule has 1 N–H and O–H groups in total. The molecule has 0 aliphatic heterocycles. The largest absolute Gasteiger partial charge is 0.396 e. The van der Waals surface area contributed by atoms with Crippen LogP contribution in [0.15, 0.2) is 0 Å². The number of rotatable bonds is 6. The van der Waals surface area contributed by atoms with Crippen LogP contribution in [0.4, 0.5) is 0 Å². The van der Waals surface area contributed by atoms with E-state index in [1.165, 1.54) is 0 Å². The summed E-state index contributed by atoms with van der Waals surface area (Å²) in [5.41, 5.74) is -0.838. The Balaban J connectivity index is 3.89. The molecule has 0 saturated carbocycles. The van der Waals surface area contributed by atoms with Crippen LogP contribution in [0.1, 0.15) is 40.0 Å². The minimum absolute atomic E-state index is 0.170. The molecular weight excluding hydrogens is 170 g/mol. The van der Waals surface area contributed by atoms with Crippen LogP contribution < -0.4 is 0 Å². The highest BCUT2D eigenvalue weighted by Crippen LogP contribution is 2.22. The molecule has 13 heavy (non-hydrogen) atoms. The third kappa shape index (κ3) is 4.83. The van der Waals surface area contributed by atoms with Gasteiger partial charge in [0.1, 0.15) is 0 Å². The van der Waals surface area contributed by atoms with Crippen molar-refractivity contribution in [3.8, 4) is 0 Å². The highest BCUT2D eigenvalue weighted by molar-refractivity contribution is 4.70. The molecule has 0 aliphatic rings. The zero-order chi connectivity index (χ0) is 10.5. The summed E-state index contributed by atoms with van der Waals surface area (Å²) in [5.74, 6) is 0.299. The standard InChI is InChI=1S/C9H19NO3/c1-8(5-4-6-11)7-9(2,3)10(12)13/h8,11H,4-7H2,1-3H3/t8-/m0/s1. The Hall–Kier alpha value is -0.640. The van der Waals surface area contributed by atoms with Crippen LogP contribution in [0.3, 0.4) is 0 Å². The van der Waals surface area contributed by atoms with E-state index in [9.17, 15) is 10.1 Å². The van der Waals surface area contributed by atoms with Crippen LogP contribution in [0.25, 0.3) is 0 Å². The van der Waals surface area contributed by atoms with Crippen molar-refractivity contribution in [2.24, 2.45) is 5.92 Å². The third-order valence-electron chi connectivity index (χ3n) is 2.20. The van der Waals surface area contributed by atoms with Crippen LogP contribution in [-0.2, 0) is 0 Å². The van der Waals surface area contributed by atoms with Crippen LogP contribution in [-0.4, -0.2) is 22.2 Å². The van der Waals surface area contributed by atoms with Gasteiger partial charge in [0.05, 0.1) is 0 Å². The van der Waals surface area contributed by atoms with Crippen molar-refractivity contribution < 1.29 is 10.0 Å². The first-order valence-electron chi connectivity index (χ1n) is 4.65. The summed E-state index contributed by atoms with van der Waals surface area (Å²) in [5, 5.41) is 19.2. The molecule has 0 spiro atoms. The van der Waals surface area contributed by atoms with Gasteiger partial charge in [-0.2, -0.15) is 0 Å². The molecule has 0 rings (SSSR count). The summed E-state index contributed by atoms with van der Waals surface area (Å²) in [6.45, 7) is 5.44. The Labute approximate surface area is 79.1 Å². The summed E-state index contributed by atoms with van der Waals surface area (Å²) in [6.07, 6.45) is 2.16. The number of hydrogen-bond acceptors (Lipinski definition) is 3. The molecule has 0 unspecified atom stereocenters. The molecule has 0 saturated heterocycles. The van der Waals surface area contributed by atoms with Crippen LogP contribution in [0, 0.1) is 16.0 Å². The fourth-order valence-corrected chi connectivity index (χ4v) is 1.47.